The van der Waals surface area contributed by atoms with E-state index in [4.69, 9.17) is 11.6 Å². The molecule has 0 spiro atoms. The van der Waals surface area contributed by atoms with Crippen molar-refractivity contribution in [1.29, 1.82) is 0 Å². The van der Waals surface area contributed by atoms with Crippen LogP contribution in [0.4, 0.5) is 4.39 Å². The minimum atomic E-state index is -1.10. The molecular weight excluding hydrogens is 308 g/mol. The van der Waals surface area contributed by atoms with E-state index in [1.807, 2.05) is 0 Å². The Morgan fingerprint density at radius 1 is 1.29 bits per heavy atom. The summed E-state index contributed by atoms with van der Waals surface area (Å²) in [4.78, 5) is 4.02. The van der Waals surface area contributed by atoms with Crippen molar-refractivity contribution < 1.29 is 9.50 Å². The second-order valence-corrected chi connectivity index (χ2v) is 4.82. The molecule has 1 aromatic carbocycles. The molecule has 1 N–H and O–H groups in total. The molecule has 0 radical (unpaired) electrons. The van der Waals surface area contributed by atoms with Gasteiger partial charge in [-0.2, -0.15) is 0 Å². The smallest absolute Gasteiger partial charge is 0.130 e. The van der Waals surface area contributed by atoms with Crippen LogP contribution in [0, 0.1) is 5.82 Å². The highest BCUT2D eigenvalue weighted by Crippen LogP contribution is 2.25. The molecule has 1 atom stereocenters. The second kappa shape index (κ2) is 5.12. The monoisotopic (exact) mass is 315 g/mol. The normalized spacial score (nSPS) is 12.5. The molecule has 1 heterocycles. The molecule has 0 fully saturated rings. The van der Waals surface area contributed by atoms with Gasteiger partial charge < -0.3 is 5.11 Å². The SMILES string of the molecule is OC(c1ccc(Br)cn1)c1ccc(Cl)cc1F. The summed E-state index contributed by atoms with van der Waals surface area (Å²) in [7, 11) is 0. The Hall–Kier alpha value is -0.970. The summed E-state index contributed by atoms with van der Waals surface area (Å²) in [6, 6.07) is 7.51. The number of halogens is 3. The molecule has 0 aliphatic rings. The maximum Gasteiger partial charge on any atom is 0.130 e. The highest BCUT2D eigenvalue weighted by atomic mass is 79.9. The summed E-state index contributed by atoms with van der Waals surface area (Å²) in [5.74, 6) is -0.547. The average molecular weight is 317 g/mol. The van der Waals surface area contributed by atoms with E-state index in [0.29, 0.717) is 10.7 Å². The molecule has 0 saturated carbocycles. The second-order valence-electron chi connectivity index (χ2n) is 3.47. The highest BCUT2D eigenvalue weighted by Gasteiger charge is 2.16. The van der Waals surface area contributed by atoms with Gasteiger partial charge in [0.2, 0.25) is 0 Å². The van der Waals surface area contributed by atoms with Crippen LogP contribution in [0.5, 0.6) is 0 Å². The fourth-order valence-electron chi connectivity index (χ4n) is 1.43. The molecule has 0 aliphatic heterocycles. The van der Waals surface area contributed by atoms with E-state index < -0.39 is 11.9 Å². The highest BCUT2D eigenvalue weighted by molar-refractivity contribution is 9.10. The Balaban J connectivity index is 2.36. The van der Waals surface area contributed by atoms with Crippen molar-refractivity contribution in [1.82, 2.24) is 4.98 Å². The van der Waals surface area contributed by atoms with Gasteiger partial charge in [-0.3, -0.25) is 4.98 Å². The van der Waals surface area contributed by atoms with Crippen molar-refractivity contribution in [3.8, 4) is 0 Å². The average Bonchev–Trinajstić information content (AvgIpc) is 2.29. The summed E-state index contributed by atoms with van der Waals surface area (Å²) in [6.45, 7) is 0. The molecule has 0 saturated heterocycles. The van der Waals surface area contributed by atoms with Crippen LogP contribution < -0.4 is 0 Å². The van der Waals surface area contributed by atoms with Gasteiger partial charge in [0.05, 0.1) is 5.69 Å². The zero-order valence-corrected chi connectivity index (χ0v) is 10.9. The Morgan fingerprint density at radius 2 is 2.06 bits per heavy atom. The van der Waals surface area contributed by atoms with Crippen LogP contribution in [0.25, 0.3) is 0 Å². The molecule has 2 aromatic rings. The van der Waals surface area contributed by atoms with Crippen LogP contribution in [0.15, 0.2) is 41.0 Å². The van der Waals surface area contributed by atoms with Crippen molar-refractivity contribution in [2.45, 2.75) is 6.10 Å². The molecule has 88 valence electrons. The predicted molar refractivity (Wildman–Crippen MR) is 67.4 cm³/mol. The number of aliphatic hydroxyl groups is 1. The summed E-state index contributed by atoms with van der Waals surface area (Å²) in [6.07, 6.45) is 0.451. The molecule has 2 nitrogen and oxygen atoms in total. The zero-order valence-electron chi connectivity index (χ0n) is 8.57. The fraction of sp³-hybridized carbons (Fsp3) is 0.0833. The first-order valence-electron chi connectivity index (χ1n) is 4.82. The quantitative estimate of drug-likeness (QED) is 0.916. The summed E-state index contributed by atoms with van der Waals surface area (Å²) >= 11 is 8.88. The molecule has 1 unspecified atom stereocenters. The van der Waals surface area contributed by atoms with Crippen molar-refractivity contribution in [2.24, 2.45) is 0 Å². The standard InChI is InChI=1S/C12H8BrClFNO/c13-7-1-4-11(16-6-7)12(17)9-3-2-8(14)5-10(9)15/h1-6,12,17H. The first-order chi connectivity index (χ1) is 8.08. The third-order valence-electron chi connectivity index (χ3n) is 2.29. The fourth-order valence-corrected chi connectivity index (χ4v) is 1.82. The molecule has 2 rings (SSSR count). The van der Waals surface area contributed by atoms with Crippen molar-refractivity contribution in [3.05, 3.63) is 63.1 Å². The van der Waals surface area contributed by atoms with Gasteiger partial charge in [-0.25, -0.2) is 4.39 Å². The van der Waals surface area contributed by atoms with Gasteiger partial charge in [0, 0.05) is 21.3 Å². The van der Waals surface area contributed by atoms with E-state index in [0.717, 1.165) is 4.47 Å². The topological polar surface area (TPSA) is 33.1 Å². The van der Waals surface area contributed by atoms with E-state index in [9.17, 15) is 9.50 Å². The summed E-state index contributed by atoms with van der Waals surface area (Å²) in [5.41, 5.74) is 0.540. The Morgan fingerprint density at radius 3 is 2.65 bits per heavy atom. The predicted octanol–water partition coefficient (Wildman–Crippen LogP) is 3.72. The first kappa shape index (κ1) is 12.5. The molecule has 0 bridgehead atoms. The molecule has 5 heteroatoms. The van der Waals surface area contributed by atoms with Gasteiger partial charge in [-0.1, -0.05) is 17.7 Å². The third-order valence-corrected chi connectivity index (χ3v) is 2.99. The Labute approximate surface area is 111 Å². The van der Waals surface area contributed by atoms with E-state index in [2.05, 4.69) is 20.9 Å². The number of benzene rings is 1. The summed E-state index contributed by atoms with van der Waals surface area (Å²) < 4.78 is 14.4. The van der Waals surface area contributed by atoms with Crippen LogP contribution in [-0.4, -0.2) is 10.1 Å². The van der Waals surface area contributed by atoms with E-state index in [-0.39, 0.29) is 5.56 Å². The number of pyridine rings is 1. The van der Waals surface area contributed by atoms with Crippen molar-refractivity contribution >= 4 is 27.5 Å². The van der Waals surface area contributed by atoms with Crippen LogP contribution in [0.3, 0.4) is 0 Å². The van der Waals surface area contributed by atoms with Crippen molar-refractivity contribution in [3.63, 3.8) is 0 Å². The molecule has 17 heavy (non-hydrogen) atoms. The minimum absolute atomic E-state index is 0.157. The van der Waals surface area contributed by atoms with E-state index >= 15 is 0 Å². The number of rotatable bonds is 2. The third kappa shape index (κ3) is 2.83. The molecule has 0 aliphatic carbocycles. The van der Waals surface area contributed by atoms with Crippen LogP contribution in [0.1, 0.15) is 17.4 Å². The number of hydrogen-bond acceptors (Lipinski definition) is 2. The van der Waals surface area contributed by atoms with Gasteiger partial charge >= 0.3 is 0 Å². The van der Waals surface area contributed by atoms with Crippen LogP contribution >= 0.6 is 27.5 Å². The van der Waals surface area contributed by atoms with Gasteiger partial charge in [-0.05, 0) is 40.2 Å². The number of nitrogens with zero attached hydrogens (tertiary/aromatic N) is 1. The molecule has 0 amide bonds. The van der Waals surface area contributed by atoms with Crippen LogP contribution in [-0.2, 0) is 0 Å². The Kier molecular flexibility index (Phi) is 3.76. The maximum atomic E-state index is 13.6. The van der Waals surface area contributed by atoms with E-state index in [1.165, 1.54) is 18.2 Å². The van der Waals surface area contributed by atoms with E-state index in [1.54, 1.807) is 18.3 Å². The van der Waals surface area contributed by atoms with Gasteiger partial charge in [0.15, 0.2) is 0 Å². The lowest BCUT2D eigenvalue weighted by Crippen LogP contribution is -2.04. The lowest BCUT2D eigenvalue weighted by Gasteiger charge is -2.11. The lowest BCUT2D eigenvalue weighted by atomic mass is 10.1. The Bertz CT molecular complexity index is 533. The zero-order chi connectivity index (χ0) is 12.4. The van der Waals surface area contributed by atoms with Gasteiger partial charge in [-0.15, -0.1) is 0 Å². The first-order valence-corrected chi connectivity index (χ1v) is 5.99. The minimum Gasteiger partial charge on any atom is -0.382 e. The van der Waals surface area contributed by atoms with Crippen LogP contribution in [0.2, 0.25) is 5.02 Å². The maximum absolute atomic E-state index is 13.6. The number of hydrogen-bond donors (Lipinski definition) is 1. The number of aromatic nitrogens is 1. The molecular formula is C12H8BrClFNO. The van der Waals surface area contributed by atoms with Gasteiger partial charge in [0.1, 0.15) is 11.9 Å². The molecule has 1 aromatic heterocycles. The van der Waals surface area contributed by atoms with Gasteiger partial charge in [0.25, 0.3) is 0 Å². The number of aliphatic hydroxyl groups excluding tert-OH is 1. The summed E-state index contributed by atoms with van der Waals surface area (Å²) in [5, 5.41) is 10.3. The largest absolute Gasteiger partial charge is 0.382 e. The lowest BCUT2D eigenvalue weighted by molar-refractivity contribution is 0.210. The van der Waals surface area contributed by atoms with Crippen molar-refractivity contribution in [2.75, 3.05) is 0 Å².